The molecular formula is C11H16N2O2. The van der Waals surface area contributed by atoms with Crippen LogP contribution < -0.4 is 0 Å². The molecule has 1 rings (SSSR count). The van der Waals surface area contributed by atoms with Crippen LogP contribution in [0.25, 0.3) is 0 Å². The molecule has 0 aromatic heterocycles. The molecule has 2 N–H and O–H groups in total. The maximum atomic E-state index is 9.86. The first-order valence-corrected chi connectivity index (χ1v) is 4.69. The zero-order valence-corrected chi connectivity index (χ0v) is 9.23. The summed E-state index contributed by atoms with van der Waals surface area (Å²) >= 11 is 0. The highest BCUT2D eigenvalue weighted by Gasteiger charge is 2.08. The van der Waals surface area contributed by atoms with Gasteiger partial charge in [-0.2, -0.15) is 0 Å². The van der Waals surface area contributed by atoms with Gasteiger partial charge in [0.2, 0.25) is 0 Å². The molecule has 0 atom stereocenters. The van der Waals surface area contributed by atoms with E-state index < -0.39 is 0 Å². The molecule has 0 saturated heterocycles. The molecular weight excluding hydrogens is 192 g/mol. The van der Waals surface area contributed by atoms with E-state index in [1.807, 2.05) is 32.0 Å². The molecule has 0 aliphatic heterocycles. The zero-order valence-electron chi connectivity index (χ0n) is 9.23. The molecule has 0 heterocycles. The quantitative estimate of drug-likeness (QED) is 0.450. The lowest BCUT2D eigenvalue weighted by Crippen LogP contribution is -2.11. The maximum Gasteiger partial charge on any atom is 0.128 e. The second-order valence-electron chi connectivity index (χ2n) is 3.84. The van der Waals surface area contributed by atoms with E-state index in [1.165, 1.54) is 6.21 Å². The van der Waals surface area contributed by atoms with Crippen molar-refractivity contribution in [1.82, 2.24) is 4.90 Å². The summed E-state index contributed by atoms with van der Waals surface area (Å²) in [6, 6.07) is 3.69. The van der Waals surface area contributed by atoms with Crippen LogP contribution in [0.2, 0.25) is 0 Å². The second-order valence-corrected chi connectivity index (χ2v) is 3.84. The van der Waals surface area contributed by atoms with Crippen molar-refractivity contribution in [1.29, 1.82) is 0 Å². The maximum absolute atomic E-state index is 9.86. The molecule has 0 amide bonds. The van der Waals surface area contributed by atoms with Gasteiger partial charge in [0.05, 0.1) is 6.21 Å². The van der Waals surface area contributed by atoms with Crippen molar-refractivity contribution in [3.8, 4) is 5.75 Å². The van der Waals surface area contributed by atoms with Crippen molar-refractivity contribution < 1.29 is 10.3 Å². The Balaban J connectivity index is 3.15. The van der Waals surface area contributed by atoms with Crippen molar-refractivity contribution in [2.45, 2.75) is 13.5 Å². The van der Waals surface area contributed by atoms with E-state index in [2.05, 4.69) is 5.16 Å². The smallest absolute Gasteiger partial charge is 0.128 e. The van der Waals surface area contributed by atoms with Gasteiger partial charge in [0.15, 0.2) is 0 Å². The van der Waals surface area contributed by atoms with Gasteiger partial charge in [-0.05, 0) is 32.6 Å². The number of nitrogens with zero attached hydrogens (tertiary/aromatic N) is 2. The molecule has 1 aromatic carbocycles. The predicted octanol–water partition coefficient (Wildman–Crippen LogP) is 1.57. The van der Waals surface area contributed by atoms with Crippen molar-refractivity contribution in [3.05, 3.63) is 28.8 Å². The molecule has 0 fully saturated rings. The monoisotopic (exact) mass is 208 g/mol. The third-order valence-corrected chi connectivity index (χ3v) is 2.05. The Kier molecular flexibility index (Phi) is 3.68. The van der Waals surface area contributed by atoms with E-state index >= 15 is 0 Å². The second kappa shape index (κ2) is 4.79. The standard InChI is InChI=1S/C11H16N2O2/c1-8-4-9(6-12-15)11(14)10(5-8)7-13(2)3/h4-6,14-15H,7H2,1-3H3/b12-6+. The first kappa shape index (κ1) is 11.5. The third-order valence-electron chi connectivity index (χ3n) is 2.05. The van der Waals surface area contributed by atoms with Crippen molar-refractivity contribution >= 4 is 6.21 Å². The molecule has 0 saturated carbocycles. The zero-order chi connectivity index (χ0) is 11.4. The van der Waals surface area contributed by atoms with Gasteiger partial charge < -0.3 is 15.2 Å². The van der Waals surface area contributed by atoms with Crippen LogP contribution >= 0.6 is 0 Å². The summed E-state index contributed by atoms with van der Waals surface area (Å²) in [5, 5.41) is 21.2. The number of phenols is 1. The normalized spacial score (nSPS) is 11.5. The van der Waals surface area contributed by atoms with E-state index in [0.717, 1.165) is 11.1 Å². The molecule has 0 spiro atoms. The number of phenolic OH excluding ortho intramolecular Hbond substituents is 1. The minimum Gasteiger partial charge on any atom is -0.507 e. The summed E-state index contributed by atoms with van der Waals surface area (Å²) in [7, 11) is 3.86. The fraction of sp³-hybridized carbons (Fsp3) is 0.364. The Hall–Kier alpha value is -1.55. The highest BCUT2D eigenvalue weighted by Crippen LogP contribution is 2.24. The molecule has 0 aliphatic carbocycles. The van der Waals surface area contributed by atoms with Crippen LogP contribution in [-0.4, -0.2) is 35.5 Å². The first-order chi connectivity index (χ1) is 7.04. The molecule has 4 heteroatoms. The van der Waals surface area contributed by atoms with E-state index in [9.17, 15) is 5.11 Å². The largest absolute Gasteiger partial charge is 0.507 e. The molecule has 4 nitrogen and oxygen atoms in total. The summed E-state index contributed by atoms with van der Waals surface area (Å²) in [4.78, 5) is 1.97. The molecule has 0 aliphatic rings. The lowest BCUT2D eigenvalue weighted by Gasteiger charge is -2.13. The SMILES string of the molecule is Cc1cc(/C=N/O)c(O)c(CN(C)C)c1. The summed E-state index contributed by atoms with van der Waals surface area (Å²) in [5.41, 5.74) is 2.39. The van der Waals surface area contributed by atoms with Gasteiger partial charge in [0.1, 0.15) is 5.75 Å². The van der Waals surface area contributed by atoms with Gasteiger partial charge in [-0.3, -0.25) is 0 Å². The highest BCUT2D eigenvalue weighted by molar-refractivity contribution is 5.84. The predicted molar refractivity (Wildman–Crippen MR) is 59.6 cm³/mol. The lowest BCUT2D eigenvalue weighted by molar-refractivity contribution is 0.321. The Morgan fingerprint density at radius 1 is 1.40 bits per heavy atom. The number of aromatic hydroxyl groups is 1. The first-order valence-electron chi connectivity index (χ1n) is 4.69. The summed E-state index contributed by atoms with van der Waals surface area (Å²) in [5.74, 6) is 0.173. The number of benzene rings is 1. The number of oxime groups is 1. The third kappa shape index (κ3) is 2.95. The van der Waals surface area contributed by atoms with Crippen LogP contribution in [-0.2, 0) is 6.54 Å². The van der Waals surface area contributed by atoms with Gasteiger partial charge in [0.25, 0.3) is 0 Å². The molecule has 82 valence electrons. The number of hydrogen-bond acceptors (Lipinski definition) is 4. The van der Waals surface area contributed by atoms with Crippen LogP contribution in [0.4, 0.5) is 0 Å². The van der Waals surface area contributed by atoms with Crippen LogP contribution in [0, 0.1) is 6.92 Å². The number of hydrogen-bond donors (Lipinski definition) is 2. The van der Waals surface area contributed by atoms with Crippen LogP contribution in [0.15, 0.2) is 17.3 Å². The van der Waals surface area contributed by atoms with Gasteiger partial charge in [0, 0.05) is 17.7 Å². The molecule has 0 unspecified atom stereocenters. The minimum atomic E-state index is 0.173. The summed E-state index contributed by atoms with van der Waals surface area (Å²) in [6.45, 7) is 2.59. The van der Waals surface area contributed by atoms with Crippen molar-refractivity contribution in [2.24, 2.45) is 5.16 Å². The highest BCUT2D eigenvalue weighted by atomic mass is 16.4. The molecule has 0 radical (unpaired) electrons. The van der Waals surface area contributed by atoms with Crippen LogP contribution in [0.5, 0.6) is 5.75 Å². The Labute approximate surface area is 89.5 Å². The Morgan fingerprint density at radius 3 is 2.60 bits per heavy atom. The number of rotatable bonds is 3. The molecule has 1 aromatic rings. The minimum absolute atomic E-state index is 0.173. The fourth-order valence-corrected chi connectivity index (χ4v) is 1.51. The Bertz CT molecular complexity index is 373. The van der Waals surface area contributed by atoms with Crippen LogP contribution in [0.3, 0.4) is 0 Å². The van der Waals surface area contributed by atoms with Gasteiger partial charge in [-0.15, -0.1) is 0 Å². The molecule has 15 heavy (non-hydrogen) atoms. The van der Waals surface area contributed by atoms with Gasteiger partial charge in [-0.25, -0.2) is 0 Å². The van der Waals surface area contributed by atoms with Crippen molar-refractivity contribution in [3.63, 3.8) is 0 Å². The average molecular weight is 208 g/mol. The van der Waals surface area contributed by atoms with Crippen molar-refractivity contribution in [2.75, 3.05) is 14.1 Å². The van der Waals surface area contributed by atoms with E-state index in [1.54, 1.807) is 6.07 Å². The summed E-state index contributed by atoms with van der Waals surface area (Å²) < 4.78 is 0. The summed E-state index contributed by atoms with van der Waals surface area (Å²) in [6.07, 6.45) is 1.24. The lowest BCUT2D eigenvalue weighted by atomic mass is 10.0. The topological polar surface area (TPSA) is 56.1 Å². The number of aryl methyl sites for hydroxylation is 1. The fourth-order valence-electron chi connectivity index (χ4n) is 1.51. The van der Waals surface area contributed by atoms with E-state index in [4.69, 9.17) is 5.21 Å². The van der Waals surface area contributed by atoms with Gasteiger partial charge in [-0.1, -0.05) is 11.2 Å². The Morgan fingerprint density at radius 2 is 2.07 bits per heavy atom. The van der Waals surface area contributed by atoms with E-state index in [-0.39, 0.29) is 5.75 Å². The van der Waals surface area contributed by atoms with Gasteiger partial charge >= 0.3 is 0 Å². The average Bonchev–Trinajstić information content (AvgIpc) is 2.12. The molecule has 0 bridgehead atoms. The van der Waals surface area contributed by atoms with E-state index in [0.29, 0.717) is 12.1 Å². The van der Waals surface area contributed by atoms with Crippen LogP contribution in [0.1, 0.15) is 16.7 Å².